The highest BCUT2D eigenvalue weighted by molar-refractivity contribution is 8.45. The molecule has 1 aliphatic heterocycles. The number of furan rings is 1. The lowest BCUT2D eigenvalue weighted by Crippen LogP contribution is -2.47. The molecule has 0 spiro atoms. The number of rotatable bonds is 7. The second-order valence-electron chi connectivity index (χ2n) is 10.1. The smallest absolute Gasteiger partial charge is 0.310 e. The van der Waals surface area contributed by atoms with Gasteiger partial charge in [-0.15, -0.1) is 5.10 Å². The predicted octanol–water partition coefficient (Wildman–Crippen LogP) is 5.57. The maximum absolute atomic E-state index is 13.8. The zero-order chi connectivity index (χ0) is 30.6. The van der Waals surface area contributed by atoms with Crippen LogP contribution in [0.4, 0.5) is 30.8 Å². The van der Waals surface area contributed by atoms with E-state index in [-0.39, 0.29) is 36.0 Å². The lowest BCUT2D eigenvalue weighted by molar-refractivity contribution is -0.116. The van der Waals surface area contributed by atoms with Gasteiger partial charge in [0.1, 0.15) is 22.7 Å². The van der Waals surface area contributed by atoms with Crippen LogP contribution in [0, 0.1) is 0 Å². The highest BCUT2D eigenvalue weighted by Crippen LogP contribution is 3.02. The van der Waals surface area contributed by atoms with Gasteiger partial charge in [-0.3, -0.25) is 9.59 Å². The van der Waals surface area contributed by atoms with E-state index in [1.165, 1.54) is 0 Å². The minimum Gasteiger partial charge on any atom is -0.464 e. The molecule has 0 bridgehead atoms. The quantitative estimate of drug-likeness (QED) is 0.228. The molecule has 43 heavy (non-hydrogen) atoms. The molecule has 4 heterocycles. The van der Waals surface area contributed by atoms with Crippen molar-refractivity contribution >= 4 is 44.3 Å². The molecule has 2 aromatic carbocycles. The number of hydrogen-bond acceptors (Lipinski definition) is 7. The fraction of sp³-hybridized carbons (Fsp3) is 0.259. The van der Waals surface area contributed by atoms with E-state index in [9.17, 15) is 29.0 Å². The van der Waals surface area contributed by atoms with Crippen LogP contribution in [0.5, 0.6) is 0 Å². The molecule has 0 atom stereocenters. The average Bonchev–Trinajstić information content (AvgIpc) is 3.61. The number of fused-ring (bicyclic) bond motifs is 2. The summed E-state index contributed by atoms with van der Waals surface area (Å²) in [6.07, 6.45) is 1.89. The van der Waals surface area contributed by atoms with E-state index in [0.29, 0.717) is 55.1 Å². The molecule has 1 fully saturated rings. The van der Waals surface area contributed by atoms with Crippen LogP contribution < -0.4 is 21.1 Å². The highest BCUT2D eigenvalue weighted by atomic mass is 32.5. The molecule has 10 nitrogen and oxygen atoms in total. The molecular formula is C27H26F5N7O3S. The van der Waals surface area contributed by atoms with E-state index in [1.807, 2.05) is 17.9 Å². The van der Waals surface area contributed by atoms with Crippen LogP contribution in [0.2, 0.25) is 0 Å². The van der Waals surface area contributed by atoms with E-state index >= 15 is 0 Å². The Morgan fingerprint density at radius 1 is 1.05 bits per heavy atom. The van der Waals surface area contributed by atoms with E-state index in [4.69, 9.17) is 4.42 Å². The van der Waals surface area contributed by atoms with Gasteiger partial charge in [-0.25, -0.2) is 0 Å². The maximum Gasteiger partial charge on any atom is 0.310 e. The summed E-state index contributed by atoms with van der Waals surface area (Å²) in [5.74, 6) is -0.370. The number of nitrogens with one attached hydrogen (secondary N) is 2. The van der Waals surface area contributed by atoms with Gasteiger partial charge in [-0.05, 0) is 42.8 Å². The van der Waals surface area contributed by atoms with E-state index in [2.05, 4.69) is 20.7 Å². The third kappa shape index (κ3) is 5.54. The first kappa shape index (κ1) is 28.7. The molecular weight excluding hydrogens is 597 g/mol. The molecule has 0 aliphatic carbocycles. The summed E-state index contributed by atoms with van der Waals surface area (Å²) in [5, 5.41) is 11.0. The van der Waals surface area contributed by atoms with Gasteiger partial charge in [0.25, 0.3) is 5.56 Å². The van der Waals surface area contributed by atoms with Gasteiger partial charge in [-0.2, -0.15) is 9.50 Å². The van der Waals surface area contributed by atoms with Crippen molar-refractivity contribution in [3.05, 3.63) is 70.8 Å². The summed E-state index contributed by atoms with van der Waals surface area (Å²) >= 11 is 0. The van der Waals surface area contributed by atoms with Crippen LogP contribution in [-0.4, -0.2) is 51.3 Å². The van der Waals surface area contributed by atoms with Crippen molar-refractivity contribution in [2.24, 2.45) is 0 Å². The predicted molar refractivity (Wildman–Crippen MR) is 153 cm³/mol. The van der Waals surface area contributed by atoms with Crippen LogP contribution in [0.25, 0.3) is 28.1 Å². The minimum absolute atomic E-state index is 0.0849. The number of carbonyl (C=O) groups excluding carboxylic acids is 1. The number of aromatic nitrogens is 4. The van der Waals surface area contributed by atoms with Crippen molar-refractivity contribution in [2.75, 3.05) is 36.4 Å². The molecule has 0 unspecified atom stereocenters. The number of amides is 1. The third-order valence-corrected chi connectivity index (χ3v) is 8.36. The Hall–Kier alpha value is -4.44. The van der Waals surface area contributed by atoms with Crippen LogP contribution in [0.15, 0.2) is 68.9 Å². The Kier molecular flexibility index (Phi) is 6.36. The first-order valence-electron chi connectivity index (χ1n) is 13.3. The maximum atomic E-state index is 13.8. The number of nitrogens with zero attached hydrogens (tertiary/aromatic N) is 5. The number of carbonyl (C=O) groups is 1. The highest BCUT2D eigenvalue weighted by Gasteiger charge is 2.65. The standard InChI is InChI=1S/C27H26F5N7O3S/c1-2-21-24(37-12-10-33-11-13-37)26(41)39-27(35-25(36-39)18-4-3-17-9-14-42-22(17)15-18)38(21)16-23(40)34-19-5-7-20(8-6-19)43(28,29,30,31)32/h3-9,14-15,33H,2,10-13,16H2,1H3,(H,34,40). The van der Waals surface area contributed by atoms with Crippen LogP contribution in [0.1, 0.15) is 12.6 Å². The number of hydrogen-bond donors (Lipinski definition) is 2. The Labute approximate surface area is 240 Å². The van der Waals surface area contributed by atoms with Gasteiger partial charge in [-0.1, -0.05) is 38.5 Å². The molecule has 3 aromatic heterocycles. The molecule has 0 radical (unpaired) electrons. The van der Waals surface area contributed by atoms with Gasteiger partial charge in [0.05, 0.1) is 12.0 Å². The summed E-state index contributed by atoms with van der Waals surface area (Å²) in [4.78, 5) is 31.5. The molecule has 6 rings (SSSR count). The lowest BCUT2D eigenvalue weighted by atomic mass is 10.1. The SMILES string of the molecule is CCc1c(N2CCNCC2)c(=O)n2nc(-c3ccc4ccoc4c3)nc2n1CC(=O)Nc1ccc(S(F)(F)(F)(F)F)cc1. The Morgan fingerprint density at radius 3 is 2.44 bits per heavy atom. The monoisotopic (exact) mass is 623 g/mol. The molecule has 2 N–H and O–H groups in total. The van der Waals surface area contributed by atoms with Gasteiger partial charge >= 0.3 is 10.2 Å². The van der Waals surface area contributed by atoms with Gasteiger partial charge in [0.2, 0.25) is 11.7 Å². The largest absolute Gasteiger partial charge is 0.464 e. The second-order valence-corrected chi connectivity index (χ2v) is 12.5. The van der Waals surface area contributed by atoms with Crippen LogP contribution in [0.3, 0.4) is 0 Å². The van der Waals surface area contributed by atoms with Gasteiger partial charge in [0, 0.05) is 42.8 Å². The fourth-order valence-corrected chi connectivity index (χ4v) is 5.82. The zero-order valence-corrected chi connectivity index (χ0v) is 23.5. The number of anilines is 2. The summed E-state index contributed by atoms with van der Waals surface area (Å²) < 4.78 is 73.8. The molecule has 16 heteroatoms. The molecule has 5 aromatic rings. The second kappa shape index (κ2) is 9.54. The normalized spacial score (nSPS) is 15.9. The van der Waals surface area contributed by atoms with E-state index < -0.39 is 26.6 Å². The molecule has 1 amide bonds. The van der Waals surface area contributed by atoms with E-state index in [0.717, 1.165) is 22.0 Å². The Morgan fingerprint density at radius 2 is 1.77 bits per heavy atom. The summed E-state index contributed by atoms with van der Waals surface area (Å²) in [5.41, 5.74) is 1.54. The van der Waals surface area contributed by atoms with Gasteiger partial charge in [0.15, 0.2) is 5.82 Å². The molecule has 1 saturated heterocycles. The molecule has 228 valence electrons. The fourth-order valence-electron chi connectivity index (χ4n) is 5.17. The average molecular weight is 624 g/mol. The first-order chi connectivity index (χ1) is 20.2. The van der Waals surface area contributed by atoms with Crippen molar-refractivity contribution in [2.45, 2.75) is 24.8 Å². The zero-order valence-electron chi connectivity index (χ0n) is 22.7. The van der Waals surface area contributed by atoms with Crippen molar-refractivity contribution in [3.8, 4) is 11.4 Å². The summed E-state index contributed by atoms with van der Waals surface area (Å²) in [6, 6.07) is 9.13. The minimum atomic E-state index is -9.86. The van der Waals surface area contributed by atoms with Crippen molar-refractivity contribution in [1.29, 1.82) is 0 Å². The molecule has 0 saturated carbocycles. The number of halogens is 5. The summed E-state index contributed by atoms with van der Waals surface area (Å²) in [6.45, 7) is 3.80. The lowest BCUT2D eigenvalue weighted by Gasteiger charge is -2.40. The van der Waals surface area contributed by atoms with Crippen LogP contribution >= 0.6 is 10.2 Å². The Bertz CT molecular complexity index is 1930. The topological polar surface area (TPSA) is 110 Å². The van der Waals surface area contributed by atoms with Crippen LogP contribution in [-0.2, 0) is 17.8 Å². The third-order valence-electron chi connectivity index (χ3n) is 7.19. The van der Waals surface area contributed by atoms with Crippen molar-refractivity contribution in [1.82, 2.24) is 24.5 Å². The summed E-state index contributed by atoms with van der Waals surface area (Å²) in [7, 11) is -9.86. The van der Waals surface area contributed by atoms with Gasteiger partial charge < -0.3 is 24.5 Å². The Balaban J connectivity index is 1.42. The first-order valence-corrected chi connectivity index (χ1v) is 15.3. The molecule has 1 aliphatic rings. The van der Waals surface area contributed by atoms with Crippen molar-refractivity contribution < 1.29 is 28.6 Å². The van der Waals surface area contributed by atoms with E-state index in [1.54, 1.807) is 29.0 Å². The number of piperazine rings is 1. The van der Waals surface area contributed by atoms with Crippen molar-refractivity contribution in [3.63, 3.8) is 0 Å². The number of benzene rings is 2.